The highest BCUT2D eigenvalue weighted by molar-refractivity contribution is 6.30. The number of nitrogens with zero attached hydrogens (tertiary/aromatic N) is 1. The minimum absolute atomic E-state index is 0.132. The van der Waals surface area contributed by atoms with Crippen LogP contribution in [0.3, 0.4) is 0 Å². The van der Waals surface area contributed by atoms with Crippen LogP contribution in [0.15, 0.2) is 48.5 Å². The molecule has 0 spiro atoms. The second-order valence-corrected chi connectivity index (χ2v) is 6.82. The van der Waals surface area contributed by atoms with Gasteiger partial charge in [0, 0.05) is 17.6 Å². The zero-order chi connectivity index (χ0) is 19.4. The van der Waals surface area contributed by atoms with Crippen molar-refractivity contribution in [2.24, 2.45) is 0 Å². The van der Waals surface area contributed by atoms with Crippen molar-refractivity contribution < 1.29 is 14.4 Å². The van der Waals surface area contributed by atoms with Gasteiger partial charge in [-0.05, 0) is 54.9 Å². The van der Waals surface area contributed by atoms with Gasteiger partial charge in [-0.2, -0.15) is 0 Å². The number of amides is 3. The summed E-state index contributed by atoms with van der Waals surface area (Å²) in [5, 5.41) is 6.50. The summed E-state index contributed by atoms with van der Waals surface area (Å²) in [6, 6.07) is 13.6. The number of benzene rings is 2. The maximum atomic E-state index is 12.6. The van der Waals surface area contributed by atoms with Crippen LogP contribution in [-0.4, -0.2) is 30.3 Å². The number of anilines is 2. The third-order valence-corrected chi connectivity index (χ3v) is 4.56. The predicted octanol–water partition coefficient (Wildman–Crippen LogP) is 2.76. The fourth-order valence-corrected chi connectivity index (χ4v) is 3.13. The third-order valence-electron chi connectivity index (χ3n) is 4.31. The zero-order valence-corrected chi connectivity index (χ0v) is 15.6. The Balaban J connectivity index is 1.59. The molecule has 2 aromatic carbocycles. The van der Waals surface area contributed by atoms with E-state index in [1.165, 1.54) is 11.8 Å². The molecule has 1 heterocycles. The average Bonchev–Trinajstić information content (AvgIpc) is 2.91. The first kappa shape index (κ1) is 19.1. The molecule has 1 atom stereocenters. The first-order valence-corrected chi connectivity index (χ1v) is 9.04. The van der Waals surface area contributed by atoms with Crippen molar-refractivity contribution >= 4 is 40.7 Å². The van der Waals surface area contributed by atoms with Crippen LogP contribution in [-0.2, 0) is 20.8 Å². The second-order valence-electron chi connectivity index (χ2n) is 6.38. The van der Waals surface area contributed by atoms with Crippen molar-refractivity contribution in [3.8, 4) is 0 Å². The smallest absolute Gasteiger partial charge is 0.251 e. The number of nitrogens with one attached hydrogen (secondary N) is 2. The topological polar surface area (TPSA) is 78.5 Å². The highest BCUT2D eigenvalue weighted by atomic mass is 35.5. The summed E-state index contributed by atoms with van der Waals surface area (Å²) in [4.78, 5) is 37.2. The Bertz CT molecular complexity index is 850. The van der Waals surface area contributed by atoms with Crippen molar-refractivity contribution in [1.29, 1.82) is 0 Å². The van der Waals surface area contributed by atoms with Crippen LogP contribution in [0, 0.1) is 0 Å². The van der Waals surface area contributed by atoms with Gasteiger partial charge in [0.2, 0.25) is 11.8 Å². The first-order valence-electron chi connectivity index (χ1n) is 8.66. The van der Waals surface area contributed by atoms with Gasteiger partial charge in [-0.1, -0.05) is 23.7 Å². The molecule has 0 aliphatic carbocycles. The standard InChI is InChI=1S/C20H20ClN3O3/c1-13(25)23-16-6-8-17(9-7-16)24-19(26)12-18(20(24)27)22-11-10-14-2-4-15(21)5-3-14/h2-9,18,22H,10-12H2,1H3,(H,23,25)/t18-/m0/s1. The molecule has 3 rings (SSSR count). The van der Waals surface area contributed by atoms with E-state index < -0.39 is 6.04 Å². The molecule has 2 N–H and O–H groups in total. The van der Waals surface area contributed by atoms with Crippen molar-refractivity contribution in [3.63, 3.8) is 0 Å². The van der Waals surface area contributed by atoms with E-state index >= 15 is 0 Å². The van der Waals surface area contributed by atoms with Crippen LogP contribution in [0.2, 0.25) is 5.02 Å². The number of hydrogen-bond donors (Lipinski definition) is 2. The lowest BCUT2D eigenvalue weighted by molar-refractivity contribution is -0.121. The lowest BCUT2D eigenvalue weighted by atomic mass is 10.1. The molecule has 0 unspecified atom stereocenters. The van der Waals surface area contributed by atoms with E-state index in [0.29, 0.717) is 22.9 Å². The van der Waals surface area contributed by atoms with E-state index in [1.54, 1.807) is 24.3 Å². The fraction of sp³-hybridized carbons (Fsp3) is 0.250. The third kappa shape index (κ3) is 4.72. The normalized spacial score (nSPS) is 16.7. The molecule has 27 heavy (non-hydrogen) atoms. The SMILES string of the molecule is CC(=O)Nc1ccc(N2C(=O)C[C@H](NCCc3ccc(Cl)cc3)C2=O)cc1. The summed E-state index contributed by atoms with van der Waals surface area (Å²) in [5.41, 5.74) is 2.22. The van der Waals surface area contributed by atoms with Crippen molar-refractivity contribution in [2.45, 2.75) is 25.8 Å². The molecule has 0 radical (unpaired) electrons. The lowest BCUT2D eigenvalue weighted by Crippen LogP contribution is -2.39. The molecular formula is C20H20ClN3O3. The van der Waals surface area contributed by atoms with Crippen LogP contribution in [0.25, 0.3) is 0 Å². The monoisotopic (exact) mass is 385 g/mol. The van der Waals surface area contributed by atoms with Crippen LogP contribution in [0.5, 0.6) is 0 Å². The van der Waals surface area contributed by atoms with Crippen molar-refractivity contribution in [2.75, 3.05) is 16.8 Å². The fourth-order valence-electron chi connectivity index (χ4n) is 3.00. The Kier molecular flexibility index (Phi) is 5.88. The van der Waals surface area contributed by atoms with Crippen LogP contribution >= 0.6 is 11.6 Å². The number of halogens is 1. The molecule has 0 aromatic heterocycles. The minimum atomic E-state index is -0.528. The number of hydrogen-bond acceptors (Lipinski definition) is 4. The molecule has 0 bridgehead atoms. The second kappa shape index (κ2) is 8.33. The lowest BCUT2D eigenvalue weighted by Gasteiger charge is -2.16. The molecule has 6 nitrogen and oxygen atoms in total. The van der Waals surface area contributed by atoms with Gasteiger partial charge >= 0.3 is 0 Å². The number of carbonyl (C=O) groups is 3. The van der Waals surface area contributed by atoms with Gasteiger partial charge in [-0.3, -0.25) is 14.4 Å². The van der Waals surface area contributed by atoms with Gasteiger partial charge in [0.05, 0.1) is 18.2 Å². The van der Waals surface area contributed by atoms with Crippen molar-refractivity contribution in [1.82, 2.24) is 5.32 Å². The molecule has 1 aliphatic heterocycles. The highest BCUT2D eigenvalue weighted by Gasteiger charge is 2.39. The first-order chi connectivity index (χ1) is 12.9. The van der Waals surface area contributed by atoms with Gasteiger partial charge in [0.15, 0.2) is 0 Å². The van der Waals surface area contributed by atoms with Gasteiger partial charge in [0.25, 0.3) is 5.91 Å². The number of imide groups is 1. The maximum Gasteiger partial charge on any atom is 0.251 e. The summed E-state index contributed by atoms with van der Waals surface area (Å²) in [7, 11) is 0. The van der Waals surface area contributed by atoms with Gasteiger partial charge in [-0.25, -0.2) is 4.90 Å². The average molecular weight is 386 g/mol. The number of carbonyl (C=O) groups excluding carboxylic acids is 3. The van der Waals surface area contributed by atoms with Crippen LogP contribution < -0.4 is 15.5 Å². The molecule has 1 saturated heterocycles. The summed E-state index contributed by atoms with van der Waals surface area (Å²) < 4.78 is 0. The minimum Gasteiger partial charge on any atom is -0.326 e. The van der Waals surface area contributed by atoms with E-state index in [9.17, 15) is 14.4 Å². The molecule has 1 aliphatic rings. The summed E-state index contributed by atoms with van der Waals surface area (Å²) >= 11 is 5.87. The van der Waals surface area contributed by atoms with E-state index in [0.717, 1.165) is 12.0 Å². The molecule has 0 saturated carbocycles. The summed E-state index contributed by atoms with van der Waals surface area (Å²) in [6.45, 7) is 2.00. The Hall–Kier alpha value is -2.70. The molecule has 2 aromatic rings. The Morgan fingerprint density at radius 3 is 2.41 bits per heavy atom. The predicted molar refractivity (Wildman–Crippen MR) is 105 cm³/mol. The van der Waals surface area contributed by atoms with Crippen LogP contribution in [0.4, 0.5) is 11.4 Å². The number of rotatable bonds is 6. The van der Waals surface area contributed by atoms with E-state index in [2.05, 4.69) is 10.6 Å². The van der Waals surface area contributed by atoms with E-state index in [-0.39, 0.29) is 24.1 Å². The van der Waals surface area contributed by atoms with Gasteiger partial charge < -0.3 is 10.6 Å². The van der Waals surface area contributed by atoms with E-state index in [1.807, 2.05) is 24.3 Å². The molecular weight excluding hydrogens is 366 g/mol. The Morgan fingerprint density at radius 1 is 1.11 bits per heavy atom. The zero-order valence-electron chi connectivity index (χ0n) is 14.9. The van der Waals surface area contributed by atoms with Gasteiger partial charge in [-0.15, -0.1) is 0 Å². The summed E-state index contributed by atoms with van der Waals surface area (Å²) in [6.07, 6.45) is 0.869. The summed E-state index contributed by atoms with van der Waals surface area (Å²) in [5.74, 6) is -0.680. The molecule has 7 heteroatoms. The van der Waals surface area contributed by atoms with Crippen molar-refractivity contribution in [3.05, 3.63) is 59.1 Å². The highest BCUT2D eigenvalue weighted by Crippen LogP contribution is 2.24. The molecule has 1 fully saturated rings. The van der Waals surface area contributed by atoms with Gasteiger partial charge in [0.1, 0.15) is 0 Å². The Labute approximate surface area is 162 Å². The molecule has 3 amide bonds. The Morgan fingerprint density at radius 2 is 1.78 bits per heavy atom. The maximum absolute atomic E-state index is 12.6. The van der Waals surface area contributed by atoms with E-state index in [4.69, 9.17) is 11.6 Å². The largest absolute Gasteiger partial charge is 0.326 e. The quantitative estimate of drug-likeness (QED) is 0.749. The molecule has 140 valence electrons. The van der Waals surface area contributed by atoms with Crippen LogP contribution in [0.1, 0.15) is 18.9 Å².